The van der Waals surface area contributed by atoms with E-state index >= 15 is 0 Å². The van der Waals surface area contributed by atoms with Gasteiger partial charge in [0.05, 0.1) is 24.1 Å². The van der Waals surface area contributed by atoms with Crippen LogP contribution in [0.15, 0.2) is 24.3 Å². The first-order valence-corrected chi connectivity index (χ1v) is 19.3. The van der Waals surface area contributed by atoms with E-state index in [0.29, 0.717) is 77.5 Å². The minimum Gasteiger partial charge on any atom is -0.426 e. The number of nitrogens with two attached hydrogens (primary N) is 1. The van der Waals surface area contributed by atoms with E-state index in [0.717, 1.165) is 22.6 Å². The minimum atomic E-state index is -1.55. The molecule has 8 amide bonds. The number of hydrogen-bond donors (Lipinski definition) is 6. The lowest BCUT2D eigenvalue weighted by Gasteiger charge is -2.26. The minimum absolute atomic E-state index is 0.138. The number of likely N-dealkylation sites (tertiary alicyclic amines) is 2. The Balaban J connectivity index is 0.000000249. The average molecular weight is 782 g/mol. The Labute approximate surface area is 325 Å². The number of imide groups is 2. The standard InChI is InChI=1S/C19H27N5O4.C17H25BN4O6/c20-13-14-5-3-11-23(14)19(28)15(21)6-1-2-10-22-16(25)7-4-12-24-17(26)8-9-18(24)27;23-14(4-2-8-22-15(24)5-6-16(22)25)20-11-9-12(19-10-11)17(26)21-7-1-3-13(21)18(27)28/h8-9,14-15H,1-7,10-12,21H2,(H,22,25);5-6,11-13,19,27-28H,1-4,7-10H2,(H,20,23)/t14-,15-;11-,12+,13+/m01/s1. The van der Waals surface area contributed by atoms with Gasteiger partial charge < -0.3 is 41.5 Å². The number of rotatable bonds is 17. The highest BCUT2D eigenvalue weighted by Crippen LogP contribution is 2.22. The van der Waals surface area contributed by atoms with Crippen LogP contribution < -0.4 is 21.7 Å². The van der Waals surface area contributed by atoms with E-state index < -0.39 is 25.1 Å². The summed E-state index contributed by atoms with van der Waals surface area (Å²) in [7, 11) is -1.55. The molecular weight excluding hydrogens is 729 g/mol. The van der Waals surface area contributed by atoms with Crippen molar-refractivity contribution in [2.24, 2.45) is 5.73 Å². The SMILES string of the molecule is N#C[C@@H]1CCCN1C(=O)[C@@H](N)CCCCNC(=O)CCCN1C(=O)C=CC1=O.O=C(CCCN1C(=O)C=CC1=O)N[C@H]1CN[C@H](C(=O)N2CCC[C@H]2B(O)O)C1. The van der Waals surface area contributed by atoms with Gasteiger partial charge in [-0.2, -0.15) is 5.26 Å². The fourth-order valence-corrected chi connectivity index (χ4v) is 7.31. The molecule has 3 saturated heterocycles. The Morgan fingerprint density at radius 1 is 0.857 bits per heavy atom. The summed E-state index contributed by atoms with van der Waals surface area (Å²) in [5, 5.41) is 36.6. The van der Waals surface area contributed by atoms with Gasteiger partial charge >= 0.3 is 7.12 Å². The maximum atomic E-state index is 12.6. The van der Waals surface area contributed by atoms with Crippen molar-refractivity contribution in [3.05, 3.63) is 24.3 Å². The quantitative estimate of drug-likeness (QED) is 0.0501. The van der Waals surface area contributed by atoms with Crippen LogP contribution in [0.3, 0.4) is 0 Å². The lowest BCUT2D eigenvalue weighted by molar-refractivity contribution is -0.138. The van der Waals surface area contributed by atoms with E-state index in [4.69, 9.17) is 11.0 Å². The fraction of sp³-hybridized carbons (Fsp3) is 0.639. The second-order valence-electron chi connectivity index (χ2n) is 14.4. The van der Waals surface area contributed by atoms with Gasteiger partial charge in [-0.15, -0.1) is 0 Å². The molecule has 7 N–H and O–H groups in total. The summed E-state index contributed by atoms with van der Waals surface area (Å²) >= 11 is 0. The first-order valence-electron chi connectivity index (χ1n) is 19.3. The lowest BCUT2D eigenvalue weighted by atomic mass is 9.77. The first-order chi connectivity index (χ1) is 26.8. The fourth-order valence-electron chi connectivity index (χ4n) is 7.31. The van der Waals surface area contributed by atoms with Crippen molar-refractivity contribution in [3.63, 3.8) is 0 Å². The van der Waals surface area contributed by atoms with Crippen molar-refractivity contribution in [1.29, 1.82) is 5.26 Å². The lowest BCUT2D eigenvalue weighted by Crippen LogP contribution is -2.51. The summed E-state index contributed by atoms with van der Waals surface area (Å²) in [6.45, 7) is 2.45. The van der Waals surface area contributed by atoms with Gasteiger partial charge in [0, 0.05) is 82.5 Å². The average Bonchev–Trinajstić information content (AvgIpc) is 4.03. The zero-order chi connectivity index (χ0) is 40.8. The van der Waals surface area contributed by atoms with E-state index in [1.165, 1.54) is 29.2 Å². The smallest absolute Gasteiger partial charge is 0.426 e. The van der Waals surface area contributed by atoms with E-state index in [1.807, 2.05) is 0 Å². The molecule has 5 rings (SSSR count). The van der Waals surface area contributed by atoms with Crippen LogP contribution in [-0.4, -0.2) is 153 Å². The number of carbonyl (C=O) groups excluding carboxylic acids is 8. The number of nitrogens with zero attached hydrogens (tertiary/aromatic N) is 5. The largest absolute Gasteiger partial charge is 0.475 e. The number of amides is 8. The van der Waals surface area contributed by atoms with Crippen LogP contribution in [0, 0.1) is 11.3 Å². The number of carbonyl (C=O) groups is 8. The summed E-state index contributed by atoms with van der Waals surface area (Å²) in [6.07, 6.45) is 11.2. The van der Waals surface area contributed by atoms with Crippen LogP contribution in [-0.2, 0) is 38.4 Å². The molecule has 0 spiro atoms. The number of nitrogens with one attached hydrogen (secondary N) is 3. The van der Waals surface area contributed by atoms with Gasteiger partial charge in [-0.25, -0.2) is 0 Å². The molecule has 5 atom stereocenters. The molecule has 0 aromatic heterocycles. The second-order valence-corrected chi connectivity index (χ2v) is 14.4. The predicted octanol–water partition coefficient (Wildman–Crippen LogP) is -2.64. The van der Waals surface area contributed by atoms with Crippen LogP contribution in [0.1, 0.15) is 77.0 Å². The van der Waals surface area contributed by atoms with E-state index in [-0.39, 0.29) is 85.3 Å². The molecule has 0 bridgehead atoms. The predicted molar refractivity (Wildman–Crippen MR) is 199 cm³/mol. The molecule has 0 aromatic carbocycles. The highest BCUT2D eigenvalue weighted by atomic mass is 16.4. The Bertz CT molecular complexity index is 1560. The van der Waals surface area contributed by atoms with Crippen molar-refractivity contribution in [2.45, 2.75) is 107 Å². The van der Waals surface area contributed by atoms with Gasteiger partial charge in [-0.3, -0.25) is 48.2 Å². The van der Waals surface area contributed by atoms with Crippen LogP contribution in [0.2, 0.25) is 0 Å². The molecule has 0 unspecified atom stereocenters. The molecular formula is C36H52BN9O10. The summed E-state index contributed by atoms with van der Waals surface area (Å²) in [5.41, 5.74) is 5.95. The van der Waals surface area contributed by atoms with Crippen LogP contribution in [0.5, 0.6) is 0 Å². The third-order valence-corrected chi connectivity index (χ3v) is 10.4. The topological polar surface area (TPSA) is 276 Å². The number of nitriles is 1. The Morgan fingerprint density at radius 2 is 1.43 bits per heavy atom. The maximum absolute atomic E-state index is 12.6. The van der Waals surface area contributed by atoms with Gasteiger partial charge in [0.15, 0.2) is 0 Å². The van der Waals surface area contributed by atoms with Gasteiger partial charge in [0.25, 0.3) is 23.6 Å². The maximum Gasteiger partial charge on any atom is 0.475 e. The van der Waals surface area contributed by atoms with Crippen molar-refractivity contribution >= 4 is 54.4 Å². The third-order valence-electron chi connectivity index (χ3n) is 10.4. The third kappa shape index (κ3) is 12.3. The molecule has 0 aromatic rings. The molecule has 0 radical (unpaired) electrons. The Morgan fingerprint density at radius 3 is 2.02 bits per heavy atom. The number of hydrogen-bond acceptors (Lipinski definition) is 13. The summed E-state index contributed by atoms with van der Waals surface area (Å²) < 4.78 is 0. The monoisotopic (exact) mass is 781 g/mol. The van der Waals surface area contributed by atoms with Crippen molar-refractivity contribution in [3.8, 4) is 6.07 Å². The van der Waals surface area contributed by atoms with Crippen LogP contribution in [0.4, 0.5) is 0 Å². The van der Waals surface area contributed by atoms with E-state index in [9.17, 15) is 48.4 Å². The van der Waals surface area contributed by atoms with Gasteiger partial charge in [0.1, 0.15) is 6.04 Å². The van der Waals surface area contributed by atoms with Gasteiger partial charge in [0.2, 0.25) is 23.6 Å². The normalized spacial score (nSPS) is 23.4. The van der Waals surface area contributed by atoms with Crippen molar-refractivity contribution in [2.75, 3.05) is 39.3 Å². The summed E-state index contributed by atoms with van der Waals surface area (Å²) in [6, 6.07) is 0.500. The molecule has 304 valence electrons. The van der Waals surface area contributed by atoms with E-state index in [2.05, 4.69) is 22.0 Å². The Hall–Kier alpha value is -4.97. The molecule has 5 aliphatic rings. The van der Waals surface area contributed by atoms with Gasteiger partial charge in [-0.1, -0.05) is 0 Å². The van der Waals surface area contributed by atoms with Gasteiger partial charge in [-0.05, 0) is 64.2 Å². The highest BCUT2D eigenvalue weighted by Gasteiger charge is 2.41. The molecule has 5 heterocycles. The van der Waals surface area contributed by atoms with Crippen LogP contribution >= 0.6 is 0 Å². The zero-order valence-electron chi connectivity index (χ0n) is 31.5. The molecule has 0 saturated carbocycles. The molecule has 3 fully saturated rings. The van der Waals surface area contributed by atoms with E-state index in [1.54, 1.807) is 4.90 Å². The molecule has 5 aliphatic heterocycles. The van der Waals surface area contributed by atoms with Crippen molar-refractivity contribution < 1.29 is 48.4 Å². The molecule has 20 heteroatoms. The summed E-state index contributed by atoms with van der Waals surface area (Å²) in [4.78, 5) is 99.8. The summed E-state index contributed by atoms with van der Waals surface area (Å²) in [5.74, 6) is -2.66. The second kappa shape index (κ2) is 21.4. The molecule has 0 aliphatic carbocycles. The molecule has 19 nitrogen and oxygen atoms in total. The zero-order valence-corrected chi connectivity index (χ0v) is 31.5. The highest BCUT2D eigenvalue weighted by molar-refractivity contribution is 6.43. The van der Waals surface area contributed by atoms with Crippen LogP contribution in [0.25, 0.3) is 0 Å². The molecule has 56 heavy (non-hydrogen) atoms. The number of unbranched alkanes of at least 4 members (excludes halogenated alkanes) is 1. The first kappa shape index (κ1) is 43.8. The Kier molecular flexibility index (Phi) is 16.7. The van der Waals surface area contributed by atoms with Crippen molar-refractivity contribution in [1.82, 2.24) is 35.6 Å².